The third-order valence-corrected chi connectivity index (χ3v) is 3.44. The largest absolute Gasteiger partial charge is 0.486 e. The van der Waals surface area contributed by atoms with Gasteiger partial charge in [0.25, 0.3) is 5.91 Å². The SMILES string of the molecule is CC(C)(C)CC(Cl)CNC(=O)c1cccc2c1OCCO2. The number of para-hydroxylation sites is 1. The molecule has 1 unspecified atom stereocenters. The normalized spacial score (nSPS) is 15.4. The second-order valence-electron chi connectivity index (χ2n) is 6.40. The highest BCUT2D eigenvalue weighted by Gasteiger charge is 2.22. The third kappa shape index (κ3) is 4.53. The van der Waals surface area contributed by atoms with E-state index in [4.69, 9.17) is 21.1 Å². The first-order valence-corrected chi connectivity index (χ1v) is 7.61. The number of benzene rings is 1. The molecule has 2 rings (SSSR count). The topological polar surface area (TPSA) is 47.6 Å². The first-order chi connectivity index (χ1) is 9.87. The van der Waals surface area contributed by atoms with E-state index in [2.05, 4.69) is 26.1 Å². The summed E-state index contributed by atoms with van der Waals surface area (Å²) in [5.74, 6) is 0.950. The molecule has 5 heteroatoms. The van der Waals surface area contributed by atoms with E-state index in [0.29, 0.717) is 36.8 Å². The Morgan fingerprint density at radius 3 is 2.76 bits per heavy atom. The van der Waals surface area contributed by atoms with Gasteiger partial charge in [-0.15, -0.1) is 11.6 Å². The lowest BCUT2D eigenvalue weighted by atomic mass is 9.90. The number of alkyl halides is 1. The van der Waals surface area contributed by atoms with Crippen LogP contribution < -0.4 is 14.8 Å². The minimum Gasteiger partial charge on any atom is -0.486 e. The van der Waals surface area contributed by atoms with Gasteiger partial charge in [-0.3, -0.25) is 4.79 Å². The molecule has 0 saturated heterocycles. The third-order valence-electron chi connectivity index (χ3n) is 3.13. The van der Waals surface area contributed by atoms with Gasteiger partial charge < -0.3 is 14.8 Å². The summed E-state index contributed by atoms with van der Waals surface area (Å²) in [6.45, 7) is 7.78. The number of halogens is 1. The van der Waals surface area contributed by atoms with E-state index in [1.54, 1.807) is 18.2 Å². The first-order valence-electron chi connectivity index (χ1n) is 7.18. The van der Waals surface area contributed by atoms with E-state index in [1.165, 1.54) is 0 Å². The van der Waals surface area contributed by atoms with Crippen molar-refractivity contribution in [1.82, 2.24) is 5.32 Å². The van der Waals surface area contributed by atoms with Crippen LogP contribution in [0.25, 0.3) is 0 Å². The van der Waals surface area contributed by atoms with Gasteiger partial charge in [-0.05, 0) is 24.0 Å². The second kappa shape index (κ2) is 6.56. The molecule has 0 spiro atoms. The average molecular weight is 312 g/mol. The fraction of sp³-hybridized carbons (Fsp3) is 0.562. The number of hydrogen-bond donors (Lipinski definition) is 1. The molecule has 0 bridgehead atoms. The van der Waals surface area contributed by atoms with Gasteiger partial charge in [0.15, 0.2) is 11.5 Å². The molecule has 0 fully saturated rings. The zero-order chi connectivity index (χ0) is 15.5. The summed E-state index contributed by atoms with van der Waals surface area (Å²) in [6, 6.07) is 5.32. The van der Waals surface area contributed by atoms with Crippen molar-refractivity contribution in [2.45, 2.75) is 32.6 Å². The number of amides is 1. The maximum Gasteiger partial charge on any atom is 0.255 e. The molecule has 1 aliphatic heterocycles. The summed E-state index contributed by atoms with van der Waals surface area (Å²) in [5.41, 5.74) is 0.631. The first kappa shape index (κ1) is 16.0. The van der Waals surface area contributed by atoms with E-state index >= 15 is 0 Å². The van der Waals surface area contributed by atoms with E-state index in [-0.39, 0.29) is 16.7 Å². The monoisotopic (exact) mass is 311 g/mol. The van der Waals surface area contributed by atoms with Gasteiger partial charge >= 0.3 is 0 Å². The highest BCUT2D eigenvalue weighted by molar-refractivity contribution is 6.21. The predicted molar refractivity (Wildman–Crippen MR) is 83.5 cm³/mol. The summed E-state index contributed by atoms with van der Waals surface area (Å²) in [7, 11) is 0. The minimum absolute atomic E-state index is 0.0920. The van der Waals surface area contributed by atoms with E-state index in [0.717, 1.165) is 6.42 Å². The van der Waals surface area contributed by atoms with Crippen LogP contribution in [0, 0.1) is 5.41 Å². The van der Waals surface area contributed by atoms with Gasteiger partial charge in [0, 0.05) is 6.54 Å². The lowest BCUT2D eigenvalue weighted by Gasteiger charge is -2.23. The van der Waals surface area contributed by atoms with Crippen molar-refractivity contribution < 1.29 is 14.3 Å². The van der Waals surface area contributed by atoms with Gasteiger partial charge in [0.1, 0.15) is 13.2 Å². The fourth-order valence-corrected chi connectivity index (χ4v) is 2.83. The fourth-order valence-electron chi connectivity index (χ4n) is 2.29. The molecular formula is C16H22ClNO3. The van der Waals surface area contributed by atoms with Crippen LogP contribution in [0.1, 0.15) is 37.6 Å². The maximum absolute atomic E-state index is 12.3. The van der Waals surface area contributed by atoms with Gasteiger partial charge in [0.05, 0.1) is 10.9 Å². The summed E-state index contributed by atoms with van der Waals surface area (Å²) in [4.78, 5) is 12.3. The molecule has 1 amide bonds. The number of ether oxygens (including phenoxy) is 2. The standard InChI is InChI=1S/C16H22ClNO3/c1-16(2,3)9-11(17)10-18-15(19)12-5-4-6-13-14(12)21-8-7-20-13/h4-6,11H,7-10H2,1-3H3,(H,18,19). The maximum atomic E-state index is 12.3. The molecule has 0 radical (unpaired) electrons. The summed E-state index contributed by atoms with van der Waals surface area (Å²) in [5, 5.41) is 2.77. The van der Waals surface area contributed by atoms with Crippen molar-refractivity contribution in [1.29, 1.82) is 0 Å². The zero-order valence-corrected chi connectivity index (χ0v) is 13.5. The summed E-state index contributed by atoms with van der Waals surface area (Å²) in [6.07, 6.45) is 0.835. The van der Waals surface area contributed by atoms with Crippen molar-refractivity contribution >= 4 is 17.5 Å². The molecule has 0 aliphatic carbocycles. The Balaban J connectivity index is 1.98. The number of fused-ring (bicyclic) bond motifs is 1. The Bertz CT molecular complexity index is 511. The predicted octanol–water partition coefficient (Wildman–Crippen LogP) is 3.23. The van der Waals surface area contributed by atoms with Crippen LogP contribution in [0.4, 0.5) is 0 Å². The Kier molecular flexibility index (Phi) is 4.99. The van der Waals surface area contributed by atoms with Crippen LogP contribution in [0.3, 0.4) is 0 Å². The van der Waals surface area contributed by atoms with Crippen LogP contribution in [-0.4, -0.2) is 31.0 Å². The molecule has 21 heavy (non-hydrogen) atoms. The number of carbonyl (C=O) groups is 1. The number of hydrogen-bond acceptors (Lipinski definition) is 3. The van der Waals surface area contributed by atoms with Crippen LogP contribution in [-0.2, 0) is 0 Å². The zero-order valence-electron chi connectivity index (χ0n) is 12.7. The second-order valence-corrected chi connectivity index (χ2v) is 7.02. The number of carbonyl (C=O) groups excluding carboxylic acids is 1. The Hall–Kier alpha value is -1.42. The lowest BCUT2D eigenvalue weighted by molar-refractivity contribution is 0.0941. The molecule has 0 saturated carbocycles. The van der Waals surface area contributed by atoms with Crippen molar-refractivity contribution in [2.75, 3.05) is 19.8 Å². The van der Waals surface area contributed by atoms with Gasteiger partial charge in [-0.2, -0.15) is 0 Å². The molecule has 0 aromatic heterocycles. The molecule has 116 valence electrons. The number of rotatable bonds is 4. The van der Waals surface area contributed by atoms with E-state index < -0.39 is 0 Å². The Morgan fingerprint density at radius 2 is 2.05 bits per heavy atom. The summed E-state index contributed by atoms with van der Waals surface area (Å²) >= 11 is 6.27. The lowest BCUT2D eigenvalue weighted by Crippen LogP contribution is -2.32. The van der Waals surface area contributed by atoms with Gasteiger partial charge in [0.2, 0.25) is 0 Å². The van der Waals surface area contributed by atoms with Crippen molar-refractivity contribution in [3.05, 3.63) is 23.8 Å². The smallest absolute Gasteiger partial charge is 0.255 e. The van der Waals surface area contributed by atoms with Crippen molar-refractivity contribution in [3.8, 4) is 11.5 Å². The van der Waals surface area contributed by atoms with Gasteiger partial charge in [-0.1, -0.05) is 26.8 Å². The molecule has 1 atom stereocenters. The van der Waals surface area contributed by atoms with Gasteiger partial charge in [-0.25, -0.2) is 0 Å². The highest BCUT2D eigenvalue weighted by atomic mass is 35.5. The molecule has 1 heterocycles. The van der Waals surface area contributed by atoms with Crippen LogP contribution in [0.15, 0.2) is 18.2 Å². The molecular weight excluding hydrogens is 290 g/mol. The molecule has 1 aliphatic rings. The van der Waals surface area contributed by atoms with Crippen molar-refractivity contribution in [2.24, 2.45) is 5.41 Å². The van der Waals surface area contributed by atoms with E-state index in [9.17, 15) is 4.79 Å². The van der Waals surface area contributed by atoms with E-state index in [1.807, 2.05) is 0 Å². The molecule has 1 aromatic rings. The highest BCUT2D eigenvalue weighted by Crippen LogP contribution is 2.33. The number of nitrogens with one attached hydrogen (secondary N) is 1. The summed E-state index contributed by atoms with van der Waals surface area (Å²) < 4.78 is 11.0. The average Bonchev–Trinajstić information content (AvgIpc) is 2.42. The molecule has 1 N–H and O–H groups in total. The molecule has 4 nitrogen and oxygen atoms in total. The van der Waals surface area contributed by atoms with Crippen LogP contribution in [0.5, 0.6) is 11.5 Å². The van der Waals surface area contributed by atoms with Crippen molar-refractivity contribution in [3.63, 3.8) is 0 Å². The Labute approximate surface area is 130 Å². The van der Waals surface area contributed by atoms with Crippen LogP contribution >= 0.6 is 11.6 Å². The van der Waals surface area contributed by atoms with Crippen LogP contribution in [0.2, 0.25) is 0 Å². The quantitative estimate of drug-likeness (QED) is 0.868. The molecule has 1 aromatic carbocycles. The minimum atomic E-state index is -0.183. The Morgan fingerprint density at radius 1 is 1.33 bits per heavy atom.